The van der Waals surface area contributed by atoms with Crippen molar-refractivity contribution < 1.29 is 14.3 Å². The summed E-state index contributed by atoms with van der Waals surface area (Å²) < 4.78 is 13.2. The molecule has 2 aliphatic heterocycles. The number of nitrogens with zero attached hydrogens (tertiary/aromatic N) is 4. The van der Waals surface area contributed by atoms with Crippen molar-refractivity contribution in [2.45, 2.75) is 36.6 Å². The van der Waals surface area contributed by atoms with Crippen LogP contribution in [0.25, 0.3) is 5.69 Å². The maximum absolute atomic E-state index is 13.0. The van der Waals surface area contributed by atoms with Crippen LogP contribution < -0.4 is 19.7 Å². The zero-order valence-corrected chi connectivity index (χ0v) is 19.4. The van der Waals surface area contributed by atoms with Crippen molar-refractivity contribution in [3.05, 3.63) is 48.5 Å². The summed E-state index contributed by atoms with van der Waals surface area (Å²) in [5, 5.41) is 12.3. The minimum atomic E-state index is -0.376. The number of carbonyl (C=O) groups is 1. The molecular weight excluding hydrogens is 438 g/mol. The SMILES string of the molecule is CC(Sc1nnc(N2CCCCC2)n1-c1ccccc1)C(=O)Nc1ccc2c(c1)OCCO2. The van der Waals surface area contributed by atoms with Gasteiger partial charge in [-0.05, 0) is 50.5 Å². The first-order valence-electron chi connectivity index (χ1n) is 11.3. The standard InChI is InChI=1S/C24H27N5O3S/c1-17(22(30)25-18-10-11-20-21(16-18)32-15-14-31-20)33-24-27-26-23(28-12-6-3-7-13-28)29(24)19-8-4-2-5-9-19/h2,4-5,8-11,16-17H,3,6-7,12-15H2,1H3,(H,25,30). The number of carbonyl (C=O) groups excluding carboxylic acids is 1. The lowest BCUT2D eigenvalue weighted by atomic mass is 10.1. The number of piperidine rings is 1. The van der Waals surface area contributed by atoms with Crippen LogP contribution in [0, 0.1) is 0 Å². The lowest BCUT2D eigenvalue weighted by Crippen LogP contribution is -2.31. The van der Waals surface area contributed by atoms with E-state index in [4.69, 9.17) is 9.47 Å². The topological polar surface area (TPSA) is 81.5 Å². The molecule has 8 nitrogen and oxygen atoms in total. The number of thioether (sulfide) groups is 1. The molecule has 2 aliphatic rings. The Balaban J connectivity index is 1.35. The second-order valence-corrected chi connectivity index (χ2v) is 9.42. The lowest BCUT2D eigenvalue weighted by molar-refractivity contribution is -0.115. The number of fused-ring (bicyclic) bond motifs is 1. The third-order valence-corrected chi connectivity index (χ3v) is 6.77. The molecule has 1 atom stereocenters. The van der Waals surface area contributed by atoms with Crippen molar-refractivity contribution in [3.63, 3.8) is 0 Å². The fraction of sp³-hybridized carbons (Fsp3) is 0.375. The van der Waals surface area contributed by atoms with Gasteiger partial charge in [0.25, 0.3) is 0 Å². The fourth-order valence-corrected chi connectivity index (χ4v) is 4.88. The van der Waals surface area contributed by atoms with Crippen LogP contribution in [0.4, 0.5) is 11.6 Å². The Morgan fingerprint density at radius 2 is 1.76 bits per heavy atom. The van der Waals surface area contributed by atoms with E-state index in [-0.39, 0.29) is 11.2 Å². The molecule has 1 unspecified atom stereocenters. The second kappa shape index (κ2) is 9.74. The first kappa shape index (κ1) is 21.6. The summed E-state index contributed by atoms with van der Waals surface area (Å²) in [6.45, 7) is 4.85. The van der Waals surface area contributed by atoms with Crippen LogP contribution in [0.3, 0.4) is 0 Å². The Hall–Kier alpha value is -3.20. The van der Waals surface area contributed by atoms with Gasteiger partial charge >= 0.3 is 0 Å². The smallest absolute Gasteiger partial charge is 0.237 e. The molecule has 3 heterocycles. The van der Waals surface area contributed by atoms with Gasteiger partial charge in [0.2, 0.25) is 11.9 Å². The minimum absolute atomic E-state index is 0.112. The molecule has 5 rings (SSSR count). The molecule has 1 aromatic heterocycles. The summed E-state index contributed by atoms with van der Waals surface area (Å²) in [6, 6.07) is 15.5. The van der Waals surface area contributed by atoms with Gasteiger partial charge in [-0.3, -0.25) is 9.36 Å². The average molecular weight is 466 g/mol. The molecule has 0 saturated carbocycles. The molecule has 1 fully saturated rings. The van der Waals surface area contributed by atoms with Gasteiger partial charge in [0.15, 0.2) is 16.7 Å². The number of aromatic nitrogens is 3. The van der Waals surface area contributed by atoms with Crippen molar-refractivity contribution in [3.8, 4) is 17.2 Å². The van der Waals surface area contributed by atoms with Gasteiger partial charge in [-0.25, -0.2) is 0 Å². The van der Waals surface area contributed by atoms with Crippen molar-refractivity contribution >= 4 is 29.3 Å². The van der Waals surface area contributed by atoms with Crippen molar-refractivity contribution in [2.24, 2.45) is 0 Å². The first-order chi connectivity index (χ1) is 16.2. The maximum Gasteiger partial charge on any atom is 0.237 e. The number of benzene rings is 2. The third kappa shape index (κ3) is 4.78. The highest BCUT2D eigenvalue weighted by Crippen LogP contribution is 2.34. The molecule has 0 radical (unpaired) electrons. The first-order valence-corrected chi connectivity index (χ1v) is 12.2. The molecule has 1 saturated heterocycles. The number of hydrogen-bond acceptors (Lipinski definition) is 7. The largest absolute Gasteiger partial charge is 0.486 e. The van der Waals surface area contributed by atoms with Crippen LogP contribution >= 0.6 is 11.8 Å². The summed E-state index contributed by atoms with van der Waals surface area (Å²) in [6.07, 6.45) is 3.55. The van der Waals surface area contributed by atoms with Gasteiger partial charge in [0.1, 0.15) is 13.2 Å². The van der Waals surface area contributed by atoms with Crippen LogP contribution in [0.15, 0.2) is 53.7 Å². The summed E-state index contributed by atoms with van der Waals surface area (Å²) in [5.41, 5.74) is 1.67. The van der Waals surface area contributed by atoms with E-state index < -0.39 is 0 Å². The Morgan fingerprint density at radius 3 is 2.55 bits per heavy atom. The number of ether oxygens (including phenoxy) is 2. The highest BCUT2D eigenvalue weighted by atomic mass is 32.2. The van der Waals surface area contributed by atoms with E-state index in [1.54, 1.807) is 6.07 Å². The Kier molecular flexibility index (Phi) is 6.39. The number of rotatable bonds is 6. The van der Waals surface area contributed by atoms with E-state index in [2.05, 4.69) is 25.0 Å². The van der Waals surface area contributed by atoms with E-state index in [9.17, 15) is 4.79 Å². The maximum atomic E-state index is 13.0. The predicted octanol–water partition coefficient (Wildman–Crippen LogP) is 4.15. The van der Waals surface area contributed by atoms with Crippen molar-refractivity contribution in [1.29, 1.82) is 0 Å². The Morgan fingerprint density at radius 1 is 1.00 bits per heavy atom. The van der Waals surface area contributed by atoms with Crippen LogP contribution in [-0.4, -0.2) is 52.2 Å². The number of para-hydroxylation sites is 1. The van der Waals surface area contributed by atoms with E-state index in [1.165, 1.54) is 18.2 Å². The number of anilines is 2. The van der Waals surface area contributed by atoms with Crippen molar-refractivity contribution in [2.75, 3.05) is 36.5 Å². The molecular formula is C24H27N5O3S. The Bertz CT molecular complexity index is 1110. The van der Waals surface area contributed by atoms with Crippen molar-refractivity contribution in [1.82, 2.24) is 14.8 Å². The molecule has 1 amide bonds. The van der Waals surface area contributed by atoms with E-state index >= 15 is 0 Å². The zero-order chi connectivity index (χ0) is 22.6. The van der Waals surface area contributed by atoms with Crippen LogP contribution in [-0.2, 0) is 4.79 Å². The summed E-state index contributed by atoms with van der Waals surface area (Å²) in [4.78, 5) is 15.3. The Labute approximate surface area is 197 Å². The van der Waals surface area contributed by atoms with E-state index in [1.807, 2.05) is 49.4 Å². The number of hydrogen-bond donors (Lipinski definition) is 1. The van der Waals surface area contributed by atoms with Gasteiger partial charge in [-0.1, -0.05) is 30.0 Å². The van der Waals surface area contributed by atoms with Crippen LogP contribution in [0.2, 0.25) is 0 Å². The predicted molar refractivity (Wildman–Crippen MR) is 129 cm³/mol. The van der Waals surface area contributed by atoms with Gasteiger partial charge in [0.05, 0.1) is 10.9 Å². The lowest BCUT2D eigenvalue weighted by Gasteiger charge is -2.28. The number of amides is 1. The van der Waals surface area contributed by atoms with Gasteiger partial charge in [-0.2, -0.15) is 0 Å². The third-order valence-electron chi connectivity index (χ3n) is 5.73. The van der Waals surface area contributed by atoms with Gasteiger partial charge < -0.3 is 19.7 Å². The van der Waals surface area contributed by atoms with Gasteiger partial charge in [0, 0.05) is 24.8 Å². The molecule has 3 aromatic rings. The molecule has 0 aliphatic carbocycles. The summed E-state index contributed by atoms with van der Waals surface area (Å²) in [5.74, 6) is 2.07. The molecule has 0 spiro atoms. The second-order valence-electron chi connectivity index (χ2n) is 8.11. The molecule has 0 bridgehead atoms. The summed E-state index contributed by atoms with van der Waals surface area (Å²) >= 11 is 1.40. The van der Waals surface area contributed by atoms with E-state index in [0.717, 1.165) is 37.6 Å². The van der Waals surface area contributed by atoms with Crippen LogP contribution in [0.5, 0.6) is 11.5 Å². The monoisotopic (exact) mass is 465 g/mol. The highest BCUT2D eigenvalue weighted by Gasteiger charge is 2.25. The number of nitrogens with one attached hydrogen (secondary N) is 1. The van der Waals surface area contributed by atoms with E-state index in [0.29, 0.717) is 35.6 Å². The summed E-state index contributed by atoms with van der Waals surface area (Å²) in [7, 11) is 0. The minimum Gasteiger partial charge on any atom is -0.486 e. The molecule has 9 heteroatoms. The normalized spacial score (nSPS) is 16.3. The molecule has 2 aromatic carbocycles. The fourth-order valence-electron chi connectivity index (χ4n) is 4.02. The van der Waals surface area contributed by atoms with Crippen LogP contribution in [0.1, 0.15) is 26.2 Å². The van der Waals surface area contributed by atoms with Gasteiger partial charge in [-0.15, -0.1) is 10.2 Å². The highest BCUT2D eigenvalue weighted by molar-refractivity contribution is 8.00. The molecule has 172 valence electrons. The quantitative estimate of drug-likeness (QED) is 0.548. The molecule has 1 N–H and O–H groups in total. The zero-order valence-electron chi connectivity index (χ0n) is 18.6. The average Bonchev–Trinajstić information content (AvgIpc) is 3.28. The molecule has 33 heavy (non-hydrogen) atoms.